The molecule has 0 aliphatic heterocycles. The molecule has 0 saturated carbocycles. The van der Waals surface area contributed by atoms with Gasteiger partial charge in [-0.05, 0) is 53.9 Å². The Hall–Kier alpha value is -3.60. The van der Waals surface area contributed by atoms with E-state index >= 15 is 0 Å². The summed E-state index contributed by atoms with van der Waals surface area (Å²) in [7, 11) is 0. The number of nitrogens with one attached hydrogen (secondary N) is 1. The Morgan fingerprint density at radius 3 is 1.94 bits per heavy atom. The van der Waals surface area contributed by atoms with Crippen LogP contribution in [0.2, 0.25) is 0 Å². The molecule has 0 atom stereocenters. The molecule has 0 heterocycles. The summed E-state index contributed by atoms with van der Waals surface area (Å²) in [5.41, 5.74) is 2.99. The predicted molar refractivity (Wildman–Crippen MR) is 122 cm³/mol. The smallest absolute Gasteiger partial charge is 0.303 e. The second kappa shape index (κ2) is 9.94. The number of rotatable bonds is 9. The molecular weight excluding hydrogens is 390 g/mol. The number of carboxylic acids is 1. The van der Waals surface area contributed by atoms with E-state index in [1.54, 1.807) is 24.3 Å². The summed E-state index contributed by atoms with van der Waals surface area (Å²) in [6, 6.07) is 25.6. The van der Waals surface area contributed by atoms with Crippen LogP contribution in [0.1, 0.15) is 44.2 Å². The molecular formula is C26H27NO4. The van der Waals surface area contributed by atoms with Gasteiger partial charge in [0, 0.05) is 23.9 Å². The van der Waals surface area contributed by atoms with Crippen molar-refractivity contribution in [3.63, 3.8) is 0 Å². The maximum atomic E-state index is 11.8. The molecule has 31 heavy (non-hydrogen) atoms. The molecule has 0 radical (unpaired) electrons. The van der Waals surface area contributed by atoms with E-state index in [2.05, 4.69) is 55.6 Å². The van der Waals surface area contributed by atoms with Crippen molar-refractivity contribution in [2.45, 2.75) is 38.5 Å². The van der Waals surface area contributed by atoms with Gasteiger partial charge in [0.15, 0.2) is 0 Å². The van der Waals surface area contributed by atoms with Crippen LogP contribution in [0.3, 0.4) is 0 Å². The van der Waals surface area contributed by atoms with E-state index in [4.69, 9.17) is 9.84 Å². The molecule has 3 aromatic carbocycles. The molecule has 0 spiro atoms. The van der Waals surface area contributed by atoms with Crippen LogP contribution in [0.25, 0.3) is 0 Å². The van der Waals surface area contributed by atoms with Crippen LogP contribution in [-0.2, 0) is 15.0 Å². The van der Waals surface area contributed by atoms with Gasteiger partial charge in [0.2, 0.25) is 5.91 Å². The summed E-state index contributed by atoms with van der Waals surface area (Å²) < 4.78 is 5.92. The fourth-order valence-corrected chi connectivity index (χ4v) is 3.33. The van der Waals surface area contributed by atoms with Crippen molar-refractivity contribution in [3.8, 4) is 11.5 Å². The minimum absolute atomic E-state index is 0.0124. The van der Waals surface area contributed by atoms with E-state index in [0.717, 1.165) is 5.75 Å². The largest absolute Gasteiger partial charge is 0.481 e. The first-order valence-electron chi connectivity index (χ1n) is 10.3. The average molecular weight is 418 g/mol. The lowest BCUT2D eigenvalue weighted by atomic mass is 9.78. The molecule has 5 nitrogen and oxygen atoms in total. The summed E-state index contributed by atoms with van der Waals surface area (Å²) >= 11 is 0. The zero-order chi connectivity index (χ0) is 22.3. The monoisotopic (exact) mass is 417 g/mol. The predicted octanol–water partition coefficient (Wildman–Crippen LogP) is 6.00. The minimum Gasteiger partial charge on any atom is -0.481 e. The van der Waals surface area contributed by atoms with Crippen LogP contribution in [0.15, 0.2) is 78.9 Å². The van der Waals surface area contributed by atoms with Gasteiger partial charge in [-0.2, -0.15) is 0 Å². The Kier molecular flexibility index (Phi) is 7.08. The van der Waals surface area contributed by atoms with E-state index < -0.39 is 5.97 Å². The lowest BCUT2D eigenvalue weighted by Crippen LogP contribution is -2.18. The van der Waals surface area contributed by atoms with Crippen molar-refractivity contribution in [1.82, 2.24) is 0 Å². The van der Waals surface area contributed by atoms with Crippen molar-refractivity contribution >= 4 is 17.6 Å². The quantitative estimate of drug-likeness (QED) is 0.448. The van der Waals surface area contributed by atoms with Crippen LogP contribution >= 0.6 is 0 Å². The van der Waals surface area contributed by atoms with Gasteiger partial charge in [-0.15, -0.1) is 0 Å². The molecule has 3 aromatic rings. The zero-order valence-corrected chi connectivity index (χ0v) is 17.8. The van der Waals surface area contributed by atoms with Gasteiger partial charge in [-0.25, -0.2) is 0 Å². The number of anilines is 1. The number of hydrogen-bond acceptors (Lipinski definition) is 3. The number of ether oxygens (including phenoxy) is 1. The van der Waals surface area contributed by atoms with Crippen LogP contribution in [0, 0.1) is 0 Å². The average Bonchev–Trinajstić information content (AvgIpc) is 2.76. The second-order valence-corrected chi connectivity index (χ2v) is 7.94. The molecule has 0 saturated heterocycles. The summed E-state index contributed by atoms with van der Waals surface area (Å²) in [6.45, 7) is 4.40. The first-order chi connectivity index (χ1) is 14.8. The van der Waals surface area contributed by atoms with E-state index in [9.17, 15) is 9.59 Å². The number of amides is 1. The van der Waals surface area contributed by atoms with E-state index in [-0.39, 0.29) is 24.2 Å². The minimum atomic E-state index is -0.897. The van der Waals surface area contributed by atoms with E-state index in [0.29, 0.717) is 17.9 Å². The Bertz CT molecular complexity index is 1010. The SMILES string of the molecule is CC(C)(c1ccccc1)c1ccc(Oc2ccc(NC(=O)CCCC(=O)O)cc2)cc1. The third-order valence-corrected chi connectivity index (χ3v) is 5.24. The zero-order valence-electron chi connectivity index (χ0n) is 17.8. The van der Waals surface area contributed by atoms with Gasteiger partial charge in [0.1, 0.15) is 11.5 Å². The molecule has 2 N–H and O–H groups in total. The lowest BCUT2D eigenvalue weighted by Gasteiger charge is -2.26. The number of hydrogen-bond donors (Lipinski definition) is 2. The van der Waals surface area contributed by atoms with Crippen molar-refractivity contribution in [3.05, 3.63) is 90.0 Å². The van der Waals surface area contributed by atoms with Gasteiger partial charge < -0.3 is 15.2 Å². The van der Waals surface area contributed by atoms with Gasteiger partial charge in [0.05, 0.1) is 0 Å². The van der Waals surface area contributed by atoms with Gasteiger partial charge >= 0.3 is 5.97 Å². The van der Waals surface area contributed by atoms with E-state index in [1.807, 2.05) is 18.2 Å². The van der Waals surface area contributed by atoms with Crippen molar-refractivity contribution in [2.24, 2.45) is 0 Å². The molecule has 160 valence electrons. The normalized spacial score (nSPS) is 11.0. The Morgan fingerprint density at radius 2 is 1.35 bits per heavy atom. The van der Waals surface area contributed by atoms with Crippen LogP contribution in [0.4, 0.5) is 5.69 Å². The lowest BCUT2D eigenvalue weighted by molar-refractivity contribution is -0.137. The fourth-order valence-electron chi connectivity index (χ4n) is 3.33. The first kappa shape index (κ1) is 22.1. The molecule has 0 fully saturated rings. The number of carbonyl (C=O) groups is 2. The van der Waals surface area contributed by atoms with Crippen LogP contribution < -0.4 is 10.1 Å². The molecule has 3 rings (SSSR count). The summed E-state index contributed by atoms with van der Waals surface area (Å²) in [6.07, 6.45) is 0.483. The first-order valence-corrected chi connectivity index (χ1v) is 10.3. The van der Waals surface area contributed by atoms with Crippen molar-refractivity contribution in [2.75, 3.05) is 5.32 Å². The number of carbonyl (C=O) groups excluding carboxylic acids is 1. The van der Waals surface area contributed by atoms with Crippen molar-refractivity contribution in [1.29, 1.82) is 0 Å². The van der Waals surface area contributed by atoms with Crippen LogP contribution in [-0.4, -0.2) is 17.0 Å². The van der Waals surface area contributed by atoms with Gasteiger partial charge in [-0.3, -0.25) is 9.59 Å². The Labute approximate surface area is 182 Å². The Balaban J connectivity index is 1.58. The third-order valence-electron chi connectivity index (χ3n) is 5.24. The molecule has 0 bridgehead atoms. The second-order valence-electron chi connectivity index (χ2n) is 7.94. The summed E-state index contributed by atoms with van der Waals surface area (Å²) in [5, 5.41) is 11.4. The standard InChI is InChI=1S/C26H27NO4/c1-26(2,19-7-4-3-5-8-19)20-11-15-22(16-12-20)31-23-17-13-21(14-18-23)27-24(28)9-6-10-25(29)30/h3-5,7-8,11-18H,6,9-10H2,1-2H3,(H,27,28)(H,29,30). The van der Waals surface area contributed by atoms with Gasteiger partial charge in [-0.1, -0.05) is 56.3 Å². The number of aliphatic carboxylic acids is 1. The van der Waals surface area contributed by atoms with Crippen LogP contribution in [0.5, 0.6) is 11.5 Å². The summed E-state index contributed by atoms with van der Waals surface area (Å²) in [4.78, 5) is 22.4. The maximum absolute atomic E-state index is 11.8. The third kappa shape index (κ3) is 6.19. The topological polar surface area (TPSA) is 75.6 Å². The Morgan fingerprint density at radius 1 is 0.806 bits per heavy atom. The molecule has 0 aliphatic rings. The number of benzene rings is 3. The molecule has 1 amide bonds. The molecule has 0 aliphatic carbocycles. The highest BCUT2D eigenvalue weighted by molar-refractivity contribution is 5.90. The molecule has 0 aromatic heterocycles. The van der Waals surface area contributed by atoms with Gasteiger partial charge in [0.25, 0.3) is 0 Å². The molecule has 0 unspecified atom stereocenters. The highest BCUT2D eigenvalue weighted by atomic mass is 16.5. The number of carboxylic acid groups (broad SMARTS) is 1. The fraction of sp³-hybridized carbons (Fsp3) is 0.231. The molecule has 5 heteroatoms. The maximum Gasteiger partial charge on any atom is 0.303 e. The van der Waals surface area contributed by atoms with E-state index in [1.165, 1.54) is 11.1 Å². The highest BCUT2D eigenvalue weighted by Crippen LogP contribution is 2.33. The highest BCUT2D eigenvalue weighted by Gasteiger charge is 2.22. The summed E-state index contributed by atoms with van der Waals surface area (Å²) in [5.74, 6) is 0.300. The van der Waals surface area contributed by atoms with Crippen molar-refractivity contribution < 1.29 is 19.4 Å².